The average molecular weight is 417 g/mol. The Morgan fingerprint density at radius 2 is 1.71 bits per heavy atom. The van der Waals surface area contributed by atoms with Gasteiger partial charge < -0.3 is 19.1 Å². The molecule has 0 saturated carbocycles. The lowest BCUT2D eigenvalue weighted by atomic mass is 10.1. The quantitative estimate of drug-likeness (QED) is 0.440. The molecule has 0 bridgehead atoms. The zero-order chi connectivity index (χ0) is 21.8. The van der Waals surface area contributed by atoms with Crippen molar-refractivity contribution in [3.63, 3.8) is 0 Å². The monoisotopic (exact) mass is 416 g/mol. The number of imidazole rings is 1. The molecular weight excluding hydrogens is 388 g/mol. The summed E-state index contributed by atoms with van der Waals surface area (Å²) in [7, 11) is 0. The molecule has 160 valence electrons. The maximum absolute atomic E-state index is 10.7. The second-order valence-corrected chi connectivity index (χ2v) is 7.97. The van der Waals surface area contributed by atoms with Gasteiger partial charge in [-0.25, -0.2) is 4.98 Å². The highest BCUT2D eigenvalue weighted by Crippen LogP contribution is 2.21. The van der Waals surface area contributed by atoms with Crippen LogP contribution < -0.4 is 9.47 Å². The first-order valence-electron chi connectivity index (χ1n) is 10.5. The van der Waals surface area contributed by atoms with Crippen molar-refractivity contribution in [1.82, 2.24) is 9.55 Å². The van der Waals surface area contributed by atoms with Gasteiger partial charge in [-0.1, -0.05) is 36.4 Å². The molecule has 1 atom stereocenters. The van der Waals surface area contributed by atoms with Gasteiger partial charge in [-0.2, -0.15) is 0 Å². The average Bonchev–Trinajstić information content (AvgIpc) is 3.10. The Kier molecular flexibility index (Phi) is 6.23. The van der Waals surface area contributed by atoms with Crippen LogP contribution in [0.1, 0.15) is 22.5 Å². The van der Waals surface area contributed by atoms with Crippen molar-refractivity contribution in [2.24, 2.45) is 0 Å². The number of aliphatic hydroxyl groups is 1. The number of para-hydroxylation sites is 2. The first kappa shape index (κ1) is 20.9. The highest BCUT2D eigenvalue weighted by molar-refractivity contribution is 5.75. The summed E-state index contributed by atoms with van der Waals surface area (Å²) < 4.78 is 13.9. The predicted molar refractivity (Wildman–Crippen MR) is 123 cm³/mol. The Balaban J connectivity index is 1.50. The maximum Gasteiger partial charge on any atom is 0.148 e. The van der Waals surface area contributed by atoms with E-state index in [0.717, 1.165) is 45.0 Å². The van der Waals surface area contributed by atoms with Crippen LogP contribution in [0.25, 0.3) is 11.0 Å². The number of rotatable bonds is 8. The van der Waals surface area contributed by atoms with E-state index >= 15 is 0 Å². The second kappa shape index (κ2) is 9.23. The van der Waals surface area contributed by atoms with Crippen LogP contribution in [0.4, 0.5) is 0 Å². The molecule has 1 N–H and O–H groups in total. The fraction of sp³-hybridized carbons (Fsp3) is 0.269. The van der Waals surface area contributed by atoms with Gasteiger partial charge in [0.2, 0.25) is 0 Å². The molecule has 0 spiro atoms. The first-order chi connectivity index (χ1) is 15.0. The Labute approximate surface area is 182 Å². The van der Waals surface area contributed by atoms with Crippen molar-refractivity contribution in [3.8, 4) is 11.5 Å². The van der Waals surface area contributed by atoms with E-state index in [9.17, 15) is 5.11 Å². The third kappa shape index (κ3) is 5.06. The summed E-state index contributed by atoms with van der Waals surface area (Å²) in [5.74, 6) is 2.38. The molecule has 3 aromatic carbocycles. The van der Waals surface area contributed by atoms with E-state index in [4.69, 9.17) is 14.5 Å². The SMILES string of the molecule is Cc1cccc(OCc2nc3ccccc3n2C[C@@H](O)COc2cc(C)ccc2C)c1. The standard InChI is InChI=1S/C26H28N2O3/c1-18-7-6-8-22(13-18)30-17-26-27-23-9-4-5-10-24(23)28(26)15-21(29)16-31-25-14-19(2)11-12-20(25)3/h4-14,21,29H,15-17H2,1-3H3/t21-/m1/s1. The molecule has 5 nitrogen and oxygen atoms in total. The molecule has 0 radical (unpaired) electrons. The minimum absolute atomic E-state index is 0.203. The minimum atomic E-state index is -0.685. The van der Waals surface area contributed by atoms with Crippen LogP contribution in [0.15, 0.2) is 66.7 Å². The highest BCUT2D eigenvalue weighted by atomic mass is 16.5. The van der Waals surface area contributed by atoms with E-state index < -0.39 is 6.10 Å². The number of nitrogens with zero attached hydrogens (tertiary/aromatic N) is 2. The molecular formula is C26H28N2O3. The topological polar surface area (TPSA) is 56.5 Å². The smallest absolute Gasteiger partial charge is 0.148 e. The summed E-state index contributed by atoms with van der Waals surface area (Å²) in [6, 6.07) is 21.9. The first-order valence-corrected chi connectivity index (χ1v) is 10.5. The van der Waals surface area contributed by atoms with Crippen LogP contribution in [0.3, 0.4) is 0 Å². The van der Waals surface area contributed by atoms with Crippen LogP contribution in [0.2, 0.25) is 0 Å². The lowest BCUT2D eigenvalue weighted by Crippen LogP contribution is -2.25. The summed E-state index contributed by atoms with van der Waals surface area (Å²) in [6.45, 7) is 6.97. The van der Waals surface area contributed by atoms with Gasteiger partial charge in [0.25, 0.3) is 0 Å². The Morgan fingerprint density at radius 1 is 0.903 bits per heavy atom. The molecule has 0 saturated heterocycles. The van der Waals surface area contributed by atoms with Gasteiger partial charge >= 0.3 is 0 Å². The summed E-state index contributed by atoms with van der Waals surface area (Å²) in [6.07, 6.45) is -0.685. The lowest BCUT2D eigenvalue weighted by molar-refractivity contribution is 0.0914. The second-order valence-electron chi connectivity index (χ2n) is 7.97. The Bertz CT molecular complexity index is 1180. The molecule has 0 aliphatic rings. The van der Waals surface area contributed by atoms with Crippen molar-refractivity contribution < 1.29 is 14.6 Å². The zero-order valence-electron chi connectivity index (χ0n) is 18.2. The molecule has 31 heavy (non-hydrogen) atoms. The largest absolute Gasteiger partial charge is 0.491 e. The Morgan fingerprint density at radius 3 is 2.55 bits per heavy atom. The van der Waals surface area contributed by atoms with Gasteiger partial charge in [0.05, 0.1) is 17.6 Å². The number of aromatic nitrogens is 2. The molecule has 4 aromatic rings. The van der Waals surface area contributed by atoms with Crippen LogP contribution in [-0.2, 0) is 13.2 Å². The molecule has 0 fully saturated rings. The van der Waals surface area contributed by atoms with Crippen LogP contribution in [0, 0.1) is 20.8 Å². The number of hydrogen-bond donors (Lipinski definition) is 1. The lowest BCUT2D eigenvalue weighted by Gasteiger charge is -2.17. The van der Waals surface area contributed by atoms with Crippen LogP contribution in [0.5, 0.6) is 11.5 Å². The zero-order valence-corrected chi connectivity index (χ0v) is 18.2. The number of ether oxygens (including phenoxy) is 2. The van der Waals surface area contributed by atoms with E-state index in [1.165, 1.54) is 0 Å². The third-order valence-electron chi connectivity index (χ3n) is 5.26. The Hall–Kier alpha value is -3.31. The van der Waals surface area contributed by atoms with Crippen molar-refractivity contribution in [2.75, 3.05) is 6.61 Å². The van der Waals surface area contributed by atoms with Crippen molar-refractivity contribution in [1.29, 1.82) is 0 Å². The van der Waals surface area contributed by atoms with E-state index in [1.54, 1.807) is 0 Å². The summed E-state index contributed by atoms with van der Waals surface area (Å²) >= 11 is 0. The van der Waals surface area contributed by atoms with Crippen molar-refractivity contribution >= 4 is 11.0 Å². The van der Waals surface area contributed by atoms with Gasteiger partial charge in [0, 0.05) is 0 Å². The summed E-state index contributed by atoms with van der Waals surface area (Å²) in [5, 5.41) is 10.7. The summed E-state index contributed by atoms with van der Waals surface area (Å²) in [5.41, 5.74) is 5.18. The maximum atomic E-state index is 10.7. The van der Waals surface area contributed by atoms with Gasteiger partial charge in [-0.15, -0.1) is 0 Å². The predicted octanol–water partition coefficient (Wildman–Crippen LogP) is 4.98. The van der Waals surface area contributed by atoms with E-state index in [0.29, 0.717) is 13.2 Å². The number of fused-ring (bicyclic) bond motifs is 1. The number of hydrogen-bond acceptors (Lipinski definition) is 4. The van der Waals surface area contributed by atoms with Crippen LogP contribution in [-0.4, -0.2) is 27.4 Å². The van der Waals surface area contributed by atoms with Gasteiger partial charge in [0.1, 0.15) is 36.6 Å². The molecule has 0 aliphatic heterocycles. The van der Waals surface area contributed by atoms with E-state index in [2.05, 4.69) is 6.07 Å². The van der Waals surface area contributed by atoms with E-state index in [1.807, 2.05) is 86.0 Å². The summed E-state index contributed by atoms with van der Waals surface area (Å²) in [4.78, 5) is 4.73. The molecule has 1 aromatic heterocycles. The molecule has 0 amide bonds. The minimum Gasteiger partial charge on any atom is -0.491 e. The molecule has 0 unspecified atom stereocenters. The third-order valence-corrected chi connectivity index (χ3v) is 5.26. The fourth-order valence-electron chi connectivity index (χ4n) is 3.60. The number of benzene rings is 3. The molecule has 4 rings (SSSR count). The molecule has 0 aliphatic carbocycles. The van der Waals surface area contributed by atoms with Gasteiger partial charge in [-0.05, 0) is 67.8 Å². The van der Waals surface area contributed by atoms with Gasteiger partial charge in [-0.3, -0.25) is 0 Å². The number of aliphatic hydroxyl groups excluding tert-OH is 1. The van der Waals surface area contributed by atoms with Crippen molar-refractivity contribution in [3.05, 3.63) is 89.2 Å². The van der Waals surface area contributed by atoms with Gasteiger partial charge in [0.15, 0.2) is 0 Å². The van der Waals surface area contributed by atoms with Crippen LogP contribution >= 0.6 is 0 Å². The highest BCUT2D eigenvalue weighted by Gasteiger charge is 2.16. The van der Waals surface area contributed by atoms with Crippen molar-refractivity contribution in [2.45, 2.75) is 40.0 Å². The molecule has 1 heterocycles. The fourth-order valence-corrected chi connectivity index (χ4v) is 3.60. The molecule has 5 heteroatoms. The normalized spacial score (nSPS) is 12.1. The van der Waals surface area contributed by atoms with E-state index in [-0.39, 0.29) is 6.61 Å². The number of aryl methyl sites for hydroxylation is 3.